The van der Waals surface area contributed by atoms with Crippen LogP contribution >= 0.6 is 26.6 Å². The first-order valence-corrected chi connectivity index (χ1v) is 11.9. The van der Waals surface area contributed by atoms with E-state index in [1.165, 1.54) is 0 Å². The Morgan fingerprint density at radius 1 is 0.692 bits per heavy atom. The van der Waals surface area contributed by atoms with Gasteiger partial charge in [-0.05, 0) is 82.6 Å². The molecule has 0 fully saturated rings. The van der Waals surface area contributed by atoms with E-state index in [4.69, 9.17) is 20.9 Å². The van der Waals surface area contributed by atoms with E-state index in [-0.39, 0.29) is 0 Å². The third kappa shape index (κ3) is 4.60. The molecule has 0 heterocycles. The molecule has 0 unspecified atom stereocenters. The minimum absolute atomic E-state index is 0.638. The molecule has 7 nitrogen and oxygen atoms in total. The molecule has 150 valence electrons. The van der Waals surface area contributed by atoms with Gasteiger partial charge in [0.25, 0.3) is 0 Å². The molecule has 26 heavy (non-hydrogen) atoms. The maximum Gasteiger partial charge on any atom is 0.217 e. The molecule has 0 aromatic heterocycles. The molecule has 10 heteroatoms. The van der Waals surface area contributed by atoms with E-state index in [1.54, 1.807) is 0 Å². The molecule has 0 spiro atoms. The lowest BCUT2D eigenvalue weighted by Gasteiger charge is -2.44. The Balaban J connectivity index is 4.02. The molecule has 0 N–H and O–H groups in total. The first-order chi connectivity index (χ1) is 11.9. The van der Waals surface area contributed by atoms with E-state index in [9.17, 15) is 0 Å². The molecule has 0 bridgehead atoms. The Labute approximate surface area is 164 Å². The second kappa shape index (κ2) is 9.31. The number of nitrogens with zero attached hydrogens (tertiary/aromatic N) is 7. The number of hydrogen-bond donors (Lipinski definition) is 0. The van der Waals surface area contributed by atoms with Crippen LogP contribution in [0.15, 0.2) is 33.5 Å². The average molecular weight is 422 g/mol. The molecular formula is C16H34ClN7P2. The largest absolute Gasteiger partial charge is 0.252 e. The van der Waals surface area contributed by atoms with Gasteiger partial charge in [-0.3, -0.25) is 14.0 Å². The van der Waals surface area contributed by atoms with E-state index in [2.05, 4.69) is 65.6 Å². The van der Waals surface area contributed by atoms with Crippen LogP contribution in [0.2, 0.25) is 5.02 Å². The zero-order valence-corrected chi connectivity index (χ0v) is 20.3. The number of rotatable bonds is 7. The second-order valence-electron chi connectivity index (χ2n) is 6.95. The SMILES string of the molecule is CN(C)P(=Nc1ccccc1Cl)(N=P(N(C)C)(N(C)C)N(C)C)N(C)C. The van der Waals surface area contributed by atoms with Gasteiger partial charge in [-0.2, -0.15) is 4.52 Å². The average Bonchev–Trinajstić information content (AvgIpc) is 2.51. The first kappa shape index (κ1) is 23.8. The Morgan fingerprint density at radius 2 is 1.12 bits per heavy atom. The lowest BCUT2D eigenvalue weighted by atomic mass is 10.3. The van der Waals surface area contributed by atoms with Crippen LogP contribution in [-0.2, 0) is 0 Å². The zero-order chi connectivity index (χ0) is 20.3. The van der Waals surface area contributed by atoms with Crippen molar-refractivity contribution in [3.63, 3.8) is 0 Å². The Hall–Kier alpha value is -0.230. The lowest BCUT2D eigenvalue weighted by Crippen LogP contribution is -2.32. The van der Waals surface area contributed by atoms with E-state index in [0.717, 1.165) is 5.69 Å². The van der Waals surface area contributed by atoms with Crippen molar-refractivity contribution in [1.82, 2.24) is 23.4 Å². The molecule has 1 aromatic rings. The monoisotopic (exact) mass is 421 g/mol. The molecule has 1 rings (SSSR count). The molecular weight excluding hydrogens is 388 g/mol. The molecule has 0 aliphatic carbocycles. The Kier molecular flexibility index (Phi) is 8.53. The molecule has 1 aromatic carbocycles. The van der Waals surface area contributed by atoms with Crippen molar-refractivity contribution in [2.45, 2.75) is 0 Å². The van der Waals surface area contributed by atoms with Gasteiger partial charge in [-0.15, -0.1) is 0 Å². The zero-order valence-electron chi connectivity index (χ0n) is 17.7. The van der Waals surface area contributed by atoms with Crippen LogP contribution < -0.4 is 0 Å². The lowest BCUT2D eigenvalue weighted by molar-refractivity contribution is 0.472. The topological polar surface area (TPSA) is 40.9 Å². The van der Waals surface area contributed by atoms with Crippen LogP contribution in [0, 0.1) is 0 Å². The summed E-state index contributed by atoms with van der Waals surface area (Å²) in [7, 11) is 16.0. The fourth-order valence-corrected chi connectivity index (χ4v) is 11.4. The van der Waals surface area contributed by atoms with E-state index >= 15 is 0 Å². The normalized spacial score (nSPS) is 13.4. The maximum atomic E-state index is 6.42. The summed E-state index contributed by atoms with van der Waals surface area (Å²) in [4.78, 5) is 0. The van der Waals surface area contributed by atoms with Crippen molar-refractivity contribution in [2.24, 2.45) is 9.26 Å². The maximum absolute atomic E-state index is 6.42. The molecule has 0 aliphatic rings. The standard InChI is InChI=1S/C16H34ClN7P2/c1-20(2)25(21(3)4,18-16-14-12-11-13-15(16)17)19-26(22(5)6,23(7)8)24(9)10/h11-14H,1-10H3. The van der Waals surface area contributed by atoms with Crippen molar-refractivity contribution >= 4 is 32.3 Å². The third-order valence-corrected chi connectivity index (χ3v) is 12.1. The van der Waals surface area contributed by atoms with Gasteiger partial charge in [0.2, 0.25) is 7.51 Å². The minimum Gasteiger partial charge on any atom is -0.252 e. The quantitative estimate of drug-likeness (QED) is 0.598. The van der Waals surface area contributed by atoms with Gasteiger partial charge in [-0.25, -0.2) is 14.1 Å². The van der Waals surface area contributed by atoms with Gasteiger partial charge in [0, 0.05) is 0 Å². The third-order valence-electron chi connectivity index (χ3n) is 4.02. The van der Waals surface area contributed by atoms with Crippen LogP contribution in [0.3, 0.4) is 0 Å². The fraction of sp³-hybridized carbons (Fsp3) is 0.625. The van der Waals surface area contributed by atoms with E-state index < -0.39 is 15.0 Å². The van der Waals surface area contributed by atoms with Gasteiger partial charge >= 0.3 is 0 Å². The molecule has 0 aliphatic heterocycles. The van der Waals surface area contributed by atoms with Crippen molar-refractivity contribution in [3.05, 3.63) is 29.3 Å². The Bertz CT molecular complexity index is 674. The summed E-state index contributed by atoms with van der Waals surface area (Å²) in [5.41, 5.74) is 0.767. The van der Waals surface area contributed by atoms with Crippen LogP contribution in [0.4, 0.5) is 5.69 Å². The van der Waals surface area contributed by atoms with Crippen LogP contribution in [-0.4, -0.2) is 93.8 Å². The first-order valence-electron chi connectivity index (χ1n) is 8.31. The number of halogens is 1. The van der Waals surface area contributed by atoms with Crippen LogP contribution in [0.25, 0.3) is 0 Å². The van der Waals surface area contributed by atoms with Gasteiger partial charge < -0.3 is 0 Å². The van der Waals surface area contributed by atoms with Gasteiger partial charge in [-0.1, -0.05) is 23.7 Å². The molecule has 0 saturated heterocycles. The highest BCUT2D eigenvalue weighted by Gasteiger charge is 2.36. The Morgan fingerprint density at radius 3 is 1.46 bits per heavy atom. The van der Waals surface area contributed by atoms with Crippen LogP contribution in [0.5, 0.6) is 0 Å². The summed E-state index contributed by atoms with van der Waals surface area (Å²) in [6.07, 6.45) is 0. The summed E-state index contributed by atoms with van der Waals surface area (Å²) < 4.78 is 21.5. The van der Waals surface area contributed by atoms with E-state index in [1.807, 2.05) is 52.5 Å². The summed E-state index contributed by atoms with van der Waals surface area (Å²) in [6.45, 7) is 0. The predicted octanol–water partition coefficient (Wildman–Crippen LogP) is 4.67. The van der Waals surface area contributed by atoms with Gasteiger partial charge in [0.05, 0.1) is 10.7 Å². The summed E-state index contributed by atoms with van der Waals surface area (Å²) in [5.74, 6) is 0. The van der Waals surface area contributed by atoms with Crippen molar-refractivity contribution in [3.8, 4) is 0 Å². The van der Waals surface area contributed by atoms with Gasteiger partial charge in [0.1, 0.15) is 0 Å². The number of benzene rings is 1. The van der Waals surface area contributed by atoms with E-state index in [0.29, 0.717) is 5.02 Å². The summed E-state index contributed by atoms with van der Waals surface area (Å²) in [5, 5.41) is 0.638. The summed E-state index contributed by atoms with van der Waals surface area (Å²) in [6, 6.07) is 7.69. The fourth-order valence-electron chi connectivity index (χ4n) is 2.87. The minimum atomic E-state index is -2.42. The van der Waals surface area contributed by atoms with Gasteiger partial charge in [0.15, 0.2) is 7.51 Å². The summed E-state index contributed by atoms with van der Waals surface area (Å²) >= 11 is 6.42. The molecule has 0 saturated carbocycles. The highest BCUT2D eigenvalue weighted by molar-refractivity contribution is 7.71. The smallest absolute Gasteiger partial charge is 0.217 e. The molecule has 0 radical (unpaired) electrons. The molecule has 0 atom stereocenters. The number of hydrogen-bond acceptors (Lipinski definition) is 1. The van der Waals surface area contributed by atoms with Crippen molar-refractivity contribution < 1.29 is 0 Å². The highest BCUT2D eigenvalue weighted by atomic mass is 35.5. The van der Waals surface area contributed by atoms with Crippen molar-refractivity contribution in [2.75, 3.05) is 70.5 Å². The van der Waals surface area contributed by atoms with Crippen LogP contribution in [0.1, 0.15) is 0 Å². The molecule has 0 amide bonds. The highest BCUT2D eigenvalue weighted by Crippen LogP contribution is 2.68. The van der Waals surface area contributed by atoms with Crippen molar-refractivity contribution in [1.29, 1.82) is 0 Å². The predicted molar refractivity (Wildman–Crippen MR) is 118 cm³/mol. The second-order valence-corrected chi connectivity index (χ2v) is 14.4.